The quantitative estimate of drug-likeness (QED) is 0.919. The molecule has 3 nitrogen and oxygen atoms in total. The average molecular weight is 348 g/mol. The summed E-state index contributed by atoms with van der Waals surface area (Å²) in [7, 11) is 0. The van der Waals surface area contributed by atoms with Crippen molar-refractivity contribution in [3.8, 4) is 0 Å². The summed E-state index contributed by atoms with van der Waals surface area (Å²) in [4.78, 5) is 7.21. The number of hydrogen-bond donors (Lipinski definition) is 1. The lowest BCUT2D eigenvalue weighted by molar-refractivity contribution is 0.103. The summed E-state index contributed by atoms with van der Waals surface area (Å²) in [5.41, 5.74) is 8.50. The summed E-state index contributed by atoms with van der Waals surface area (Å²) in [6, 6.07) is 8.89. The molecule has 0 saturated carbocycles. The second-order valence-electron chi connectivity index (χ2n) is 5.75. The third-order valence-electron chi connectivity index (χ3n) is 4.64. The summed E-state index contributed by atoms with van der Waals surface area (Å²) >= 11 is 3.64. The third kappa shape index (κ3) is 2.72. The van der Waals surface area contributed by atoms with Gasteiger partial charge in [-0.15, -0.1) is 0 Å². The van der Waals surface area contributed by atoms with Crippen LogP contribution in [-0.2, 0) is 0 Å². The van der Waals surface area contributed by atoms with Gasteiger partial charge in [0.15, 0.2) is 0 Å². The first-order valence-electron chi connectivity index (χ1n) is 7.73. The standard InChI is InChI=1S/C17H22BrN3/c1-2-21-10-4-5-12(11-19)17(21)14-7-8-15(18)13-6-3-9-20-16(13)14/h3,6-9,12,17H,2,4-5,10-11,19H2,1H3. The Morgan fingerprint density at radius 3 is 3.00 bits per heavy atom. The summed E-state index contributed by atoms with van der Waals surface area (Å²) < 4.78 is 1.11. The molecule has 2 N–H and O–H groups in total. The van der Waals surface area contributed by atoms with Crippen LogP contribution in [0.15, 0.2) is 34.9 Å². The molecule has 21 heavy (non-hydrogen) atoms. The number of benzene rings is 1. The topological polar surface area (TPSA) is 42.1 Å². The maximum atomic E-state index is 6.07. The van der Waals surface area contributed by atoms with Crippen molar-refractivity contribution in [2.75, 3.05) is 19.6 Å². The molecule has 2 aromatic rings. The molecule has 1 aliphatic rings. The molecule has 1 aromatic heterocycles. The summed E-state index contributed by atoms with van der Waals surface area (Å²) in [5.74, 6) is 0.519. The number of halogens is 1. The first-order valence-corrected chi connectivity index (χ1v) is 8.52. The second-order valence-corrected chi connectivity index (χ2v) is 6.60. The maximum Gasteiger partial charge on any atom is 0.0761 e. The van der Waals surface area contributed by atoms with Crippen molar-refractivity contribution in [2.45, 2.75) is 25.8 Å². The molecule has 0 amide bonds. The monoisotopic (exact) mass is 347 g/mol. The van der Waals surface area contributed by atoms with Crippen LogP contribution in [0.2, 0.25) is 0 Å². The molecule has 3 rings (SSSR count). The van der Waals surface area contributed by atoms with Crippen LogP contribution in [0.4, 0.5) is 0 Å². The van der Waals surface area contributed by atoms with Gasteiger partial charge in [0.05, 0.1) is 5.52 Å². The number of piperidine rings is 1. The molecule has 2 heterocycles. The molecule has 0 radical (unpaired) electrons. The zero-order valence-corrected chi connectivity index (χ0v) is 14.0. The van der Waals surface area contributed by atoms with Crippen LogP contribution in [0, 0.1) is 5.92 Å². The Kier molecular flexibility index (Phi) is 4.57. The molecule has 1 aromatic carbocycles. The Hall–Kier alpha value is -0.970. The van der Waals surface area contributed by atoms with Crippen molar-refractivity contribution >= 4 is 26.8 Å². The molecule has 0 bridgehead atoms. The minimum Gasteiger partial charge on any atom is -0.330 e. The number of hydrogen-bond acceptors (Lipinski definition) is 3. The molecule has 2 unspecified atom stereocenters. The predicted octanol–water partition coefficient (Wildman–Crippen LogP) is 3.73. The second kappa shape index (κ2) is 6.42. The highest BCUT2D eigenvalue weighted by Crippen LogP contribution is 2.39. The maximum absolute atomic E-state index is 6.07. The summed E-state index contributed by atoms with van der Waals surface area (Å²) in [5, 5.41) is 1.19. The molecule has 2 atom stereocenters. The molecule has 1 saturated heterocycles. The van der Waals surface area contributed by atoms with Gasteiger partial charge in [0.1, 0.15) is 0 Å². The first-order chi connectivity index (χ1) is 10.3. The third-order valence-corrected chi connectivity index (χ3v) is 5.33. The fraction of sp³-hybridized carbons (Fsp3) is 0.471. The predicted molar refractivity (Wildman–Crippen MR) is 91.2 cm³/mol. The number of likely N-dealkylation sites (tertiary alicyclic amines) is 1. The van der Waals surface area contributed by atoms with E-state index in [1.807, 2.05) is 12.3 Å². The average Bonchev–Trinajstić information content (AvgIpc) is 2.55. The zero-order valence-electron chi connectivity index (χ0n) is 12.4. The Morgan fingerprint density at radius 2 is 2.24 bits per heavy atom. The highest BCUT2D eigenvalue weighted by molar-refractivity contribution is 9.10. The lowest BCUT2D eigenvalue weighted by Crippen LogP contribution is -2.41. The van der Waals surface area contributed by atoms with E-state index >= 15 is 0 Å². The van der Waals surface area contributed by atoms with Crippen LogP contribution in [0.25, 0.3) is 10.9 Å². The summed E-state index contributed by atoms with van der Waals surface area (Å²) in [6.45, 7) is 5.19. The molecule has 1 aliphatic heterocycles. The Morgan fingerprint density at radius 1 is 1.38 bits per heavy atom. The van der Waals surface area contributed by atoms with Crippen molar-refractivity contribution in [2.24, 2.45) is 11.7 Å². The lowest BCUT2D eigenvalue weighted by atomic mass is 9.84. The molecular weight excluding hydrogens is 326 g/mol. The van der Waals surface area contributed by atoms with E-state index in [9.17, 15) is 0 Å². The van der Waals surface area contributed by atoms with Crippen molar-refractivity contribution in [3.05, 3.63) is 40.5 Å². The van der Waals surface area contributed by atoms with Crippen molar-refractivity contribution in [1.29, 1.82) is 0 Å². The van der Waals surface area contributed by atoms with E-state index in [-0.39, 0.29) is 0 Å². The number of rotatable bonds is 3. The van der Waals surface area contributed by atoms with E-state index in [0.717, 1.165) is 29.6 Å². The normalized spacial score (nSPS) is 23.6. The largest absolute Gasteiger partial charge is 0.330 e. The smallest absolute Gasteiger partial charge is 0.0761 e. The SMILES string of the molecule is CCN1CCCC(CN)C1c1ccc(Br)c2cccnc12. The molecule has 1 fully saturated rings. The number of aromatic nitrogens is 1. The number of nitrogens with two attached hydrogens (primary N) is 1. The van der Waals surface area contributed by atoms with E-state index in [1.165, 1.54) is 23.8 Å². The Balaban J connectivity index is 2.14. The lowest BCUT2D eigenvalue weighted by Gasteiger charge is -2.41. The van der Waals surface area contributed by atoms with E-state index in [4.69, 9.17) is 5.73 Å². The molecule has 0 spiro atoms. The van der Waals surface area contributed by atoms with Gasteiger partial charge >= 0.3 is 0 Å². The Bertz CT molecular complexity index is 616. The van der Waals surface area contributed by atoms with Crippen LogP contribution in [0.5, 0.6) is 0 Å². The van der Waals surface area contributed by atoms with Gasteiger partial charge in [-0.2, -0.15) is 0 Å². The minimum absolute atomic E-state index is 0.388. The molecule has 112 valence electrons. The Labute approximate surface area is 134 Å². The highest BCUT2D eigenvalue weighted by atomic mass is 79.9. The van der Waals surface area contributed by atoms with Gasteiger partial charge < -0.3 is 5.73 Å². The minimum atomic E-state index is 0.388. The fourth-order valence-corrected chi connectivity index (χ4v) is 4.05. The van der Waals surface area contributed by atoms with Gasteiger partial charge in [-0.05, 0) is 56.1 Å². The summed E-state index contributed by atoms with van der Waals surface area (Å²) in [6.07, 6.45) is 4.34. The van der Waals surface area contributed by atoms with Crippen molar-refractivity contribution in [3.63, 3.8) is 0 Å². The van der Waals surface area contributed by atoms with E-state index < -0.39 is 0 Å². The highest BCUT2D eigenvalue weighted by Gasteiger charge is 2.32. The molecular formula is C17H22BrN3. The van der Waals surface area contributed by atoms with E-state index in [0.29, 0.717) is 12.0 Å². The van der Waals surface area contributed by atoms with Crippen LogP contribution in [0.3, 0.4) is 0 Å². The van der Waals surface area contributed by atoms with Crippen molar-refractivity contribution < 1.29 is 0 Å². The van der Waals surface area contributed by atoms with Gasteiger partial charge in [-0.1, -0.05) is 35.0 Å². The number of nitrogens with zero attached hydrogens (tertiary/aromatic N) is 2. The van der Waals surface area contributed by atoms with Crippen LogP contribution < -0.4 is 5.73 Å². The van der Waals surface area contributed by atoms with Gasteiger partial charge in [0, 0.05) is 22.1 Å². The van der Waals surface area contributed by atoms with Crippen LogP contribution in [0.1, 0.15) is 31.4 Å². The van der Waals surface area contributed by atoms with E-state index in [1.54, 1.807) is 0 Å². The van der Waals surface area contributed by atoms with E-state index in [2.05, 4.69) is 50.9 Å². The molecule has 0 aliphatic carbocycles. The number of pyridine rings is 1. The fourth-order valence-electron chi connectivity index (χ4n) is 3.60. The number of fused-ring (bicyclic) bond motifs is 1. The van der Waals surface area contributed by atoms with Gasteiger partial charge in [-0.3, -0.25) is 9.88 Å². The van der Waals surface area contributed by atoms with Crippen LogP contribution >= 0.6 is 15.9 Å². The molecule has 4 heteroatoms. The van der Waals surface area contributed by atoms with Gasteiger partial charge in [0.2, 0.25) is 0 Å². The van der Waals surface area contributed by atoms with Gasteiger partial charge in [0.25, 0.3) is 0 Å². The van der Waals surface area contributed by atoms with Crippen molar-refractivity contribution in [1.82, 2.24) is 9.88 Å². The van der Waals surface area contributed by atoms with Crippen LogP contribution in [-0.4, -0.2) is 29.5 Å². The van der Waals surface area contributed by atoms with Gasteiger partial charge in [-0.25, -0.2) is 0 Å². The zero-order chi connectivity index (χ0) is 14.8. The first kappa shape index (κ1) is 14.9.